The topological polar surface area (TPSA) is 95.4 Å². The second-order valence-corrected chi connectivity index (χ2v) is 4.36. The van der Waals surface area contributed by atoms with Gasteiger partial charge in [0.15, 0.2) is 11.5 Å². The maximum atomic E-state index is 5.87. The molecule has 7 nitrogen and oxygen atoms in total. The molecular weight excluding hydrogens is 242 g/mol. The minimum Gasteiger partial charge on any atom is -0.383 e. The normalized spacial score (nSPS) is 11.1. The number of aromatic nitrogens is 6. The van der Waals surface area contributed by atoms with Crippen LogP contribution in [0.15, 0.2) is 12.3 Å². The number of anilines is 1. The van der Waals surface area contributed by atoms with Crippen LogP contribution in [0.25, 0.3) is 16.9 Å². The van der Waals surface area contributed by atoms with Crippen LogP contribution in [-0.2, 0) is 0 Å². The Morgan fingerprint density at radius 3 is 2.47 bits per heavy atom. The second kappa shape index (κ2) is 3.98. The summed E-state index contributed by atoms with van der Waals surface area (Å²) < 4.78 is 1.65. The fourth-order valence-electron chi connectivity index (χ4n) is 2.02. The summed E-state index contributed by atoms with van der Waals surface area (Å²) in [5.74, 6) is 2.40. The van der Waals surface area contributed by atoms with E-state index in [2.05, 4.69) is 25.0 Å². The van der Waals surface area contributed by atoms with Crippen molar-refractivity contribution < 1.29 is 0 Å². The summed E-state index contributed by atoms with van der Waals surface area (Å²) in [5.41, 5.74) is 7.41. The largest absolute Gasteiger partial charge is 0.383 e. The van der Waals surface area contributed by atoms with E-state index in [-0.39, 0.29) is 0 Å². The molecule has 0 fully saturated rings. The molecule has 96 valence electrons. The molecule has 3 heterocycles. The Morgan fingerprint density at radius 1 is 1.00 bits per heavy atom. The number of rotatable bonds is 1. The SMILES string of the molecule is Cc1cc(-n2ncc3c(N)nc(C)nc32)nc(C)n1. The van der Waals surface area contributed by atoms with Crippen molar-refractivity contribution in [3.8, 4) is 5.82 Å². The van der Waals surface area contributed by atoms with Gasteiger partial charge in [0.05, 0.1) is 11.6 Å². The third-order valence-electron chi connectivity index (χ3n) is 2.74. The molecule has 7 heteroatoms. The molecule has 0 radical (unpaired) electrons. The van der Waals surface area contributed by atoms with Gasteiger partial charge in [0.25, 0.3) is 0 Å². The zero-order valence-corrected chi connectivity index (χ0v) is 10.9. The number of nitrogen functional groups attached to an aromatic ring is 1. The molecule has 0 unspecified atom stereocenters. The van der Waals surface area contributed by atoms with Gasteiger partial charge in [-0.05, 0) is 20.8 Å². The van der Waals surface area contributed by atoms with Crippen molar-refractivity contribution >= 4 is 16.9 Å². The van der Waals surface area contributed by atoms with Crippen molar-refractivity contribution in [1.29, 1.82) is 0 Å². The summed E-state index contributed by atoms with van der Waals surface area (Å²) in [5, 5.41) is 5.02. The maximum absolute atomic E-state index is 5.87. The van der Waals surface area contributed by atoms with Crippen LogP contribution in [0.1, 0.15) is 17.3 Å². The number of nitrogens with two attached hydrogens (primary N) is 1. The Kier molecular flexibility index (Phi) is 2.41. The van der Waals surface area contributed by atoms with Gasteiger partial charge in [-0.3, -0.25) is 0 Å². The highest BCUT2D eigenvalue weighted by Gasteiger charge is 2.12. The van der Waals surface area contributed by atoms with Crippen LogP contribution in [0.3, 0.4) is 0 Å². The van der Waals surface area contributed by atoms with Crippen molar-refractivity contribution in [2.75, 3.05) is 5.73 Å². The molecular formula is C12H13N7. The first-order valence-corrected chi connectivity index (χ1v) is 5.85. The molecule has 3 aromatic rings. The predicted molar refractivity (Wildman–Crippen MR) is 70.9 cm³/mol. The van der Waals surface area contributed by atoms with E-state index in [9.17, 15) is 0 Å². The van der Waals surface area contributed by atoms with Crippen LogP contribution in [0.5, 0.6) is 0 Å². The van der Waals surface area contributed by atoms with Crippen LogP contribution in [-0.4, -0.2) is 29.7 Å². The lowest BCUT2D eigenvalue weighted by molar-refractivity contribution is 0.832. The first-order chi connectivity index (χ1) is 9.04. The number of nitrogens with zero attached hydrogens (tertiary/aromatic N) is 6. The van der Waals surface area contributed by atoms with Crippen molar-refractivity contribution in [3.05, 3.63) is 29.6 Å². The fraction of sp³-hybridized carbons (Fsp3) is 0.250. The molecule has 3 aromatic heterocycles. The first-order valence-electron chi connectivity index (χ1n) is 5.85. The van der Waals surface area contributed by atoms with E-state index in [1.807, 2.05) is 19.9 Å². The molecule has 0 aliphatic rings. The van der Waals surface area contributed by atoms with Gasteiger partial charge in [0, 0.05) is 11.8 Å². The van der Waals surface area contributed by atoms with E-state index in [1.165, 1.54) is 0 Å². The summed E-state index contributed by atoms with van der Waals surface area (Å²) >= 11 is 0. The number of hydrogen-bond donors (Lipinski definition) is 1. The second-order valence-electron chi connectivity index (χ2n) is 4.36. The lowest BCUT2D eigenvalue weighted by Gasteiger charge is -2.05. The minimum atomic E-state index is 0.427. The number of hydrogen-bond acceptors (Lipinski definition) is 6. The summed E-state index contributed by atoms with van der Waals surface area (Å²) in [6.45, 7) is 5.55. The Labute approximate surface area is 109 Å². The molecule has 3 rings (SSSR count). The zero-order chi connectivity index (χ0) is 13.6. The molecule has 0 amide bonds. The van der Waals surface area contributed by atoms with Crippen LogP contribution in [0, 0.1) is 20.8 Å². The van der Waals surface area contributed by atoms with Gasteiger partial charge in [-0.25, -0.2) is 19.9 Å². The van der Waals surface area contributed by atoms with E-state index < -0.39 is 0 Å². The number of aryl methyl sites for hydroxylation is 3. The maximum Gasteiger partial charge on any atom is 0.170 e. The van der Waals surface area contributed by atoms with Gasteiger partial charge in [-0.1, -0.05) is 0 Å². The van der Waals surface area contributed by atoms with Crippen LogP contribution >= 0.6 is 0 Å². The van der Waals surface area contributed by atoms with Crippen LogP contribution < -0.4 is 5.73 Å². The molecule has 0 bridgehead atoms. The monoisotopic (exact) mass is 255 g/mol. The Morgan fingerprint density at radius 2 is 1.74 bits per heavy atom. The van der Waals surface area contributed by atoms with E-state index in [1.54, 1.807) is 17.8 Å². The van der Waals surface area contributed by atoms with Crippen molar-refractivity contribution in [3.63, 3.8) is 0 Å². The average molecular weight is 255 g/mol. The fourth-order valence-corrected chi connectivity index (χ4v) is 2.02. The van der Waals surface area contributed by atoms with Gasteiger partial charge >= 0.3 is 0 Å². The smallest absolute Gasteiger partial charge is 0.170 e. The van der Waals surface area contributed by atoms with Gasteiger partial charge in [-0.2, -0.15) is 9.78 Å². The Bertz CT molecular complexity index is 755. The molecule has 0 aromatic carbocycles. The highest BCUT2D eigenvalue weighted by Crippen LogP contribution is 2.19. The minimum absolute atomic E-state index is 0.427. The van der Waals surface area contributed by atoms with Crippen molar-refractivity contribution in [2.24, 2.45) is 0 Å². The lowest BCUT2D eigenvalue weighted by atomic mass is 10.4. The Balaban J connectivity index is 2.31. The zero-order valence-electron chi connectivity index (χ0n) is 10.9. The van der Waals surface area contributed by atoms with Gasteiger partial charge in [-0.15, -0.1) is 0 Å². The van der Waals surface area contributed by atoms with E-state index in [0.717, 1.165) is 11.1 Å². The van der Waals surface area contributed by atoms with E-state index in [4.69, 9.17) is 5.73 Å². The Hall–Kier alpha value is -2.57. The molecule has 0 aliphatic heterocycles. The molecule has 0 saturated heterocycles. The van der Waals surface area contributed by atoms with Crippen LogP contribution in [0.4, 0.5) is 5.82 Å². The average Bonchev–Trinajstić information content (AvgIpc) is 2.71. The van der Waals surface area contributed by atoms with E-state index >= 15 is 0 Å². The molecule has 19 heavy (non-hydrogen) atoms. The lowest BCUT2D eigenvalue weighted by Crippen LogP contribution is -2.05. The highest BCUT2D eigenvalue weighted by molar-refractivity contribution is 5.85. The molecule has 0 saturated carbocycles. The predicted octanol–water partition coefficient (Wildman–Crippen LogP) is 1.11. The molecule has 0 atom stereocenters. The summed E-state index contributed by atoms with van der Waals surface area (Å²) in [6, 6.07) is 1.85. The summed E-state index contributed by atoms with van der Waals surface area (Å²) in [6.07, 6.45) is 1.65. The van der Waals surface area contributed by atoms with Crippen molar-refractivity contribution in [1.82, 2.24) is 29.7 Å². The van der Waals surface area contributed by atoms with Gasteiger partial charge < -0.3 is 5.73 Å². The van der Waals surface area contributed by atoms with E-state index in [0.29, 0.717) is 28.9 Å². The molecule has 0 aliphatic carbocycles. The third-order valence-corrected chi connectivity index (χ3v) is 2.74. The van der Waals surface area contributed by atoms with Gasteiger partial charge in [0.2, 0.25) is 0 Å². The quantitative estimate of drug-likeness (QED) is 0.699. The third kappa shape index (κ3) is 1.88. The first kappa shape index (κ1) is 11.5. The highest BCUT2D eigenvalue weighted by atomic mass is 15.3. The van der Waals surface area contributed by atoms with Crippen LogP contribution in [0.2, 0.25) is 0 Å². The van der Waals surface area contributed by atoms with Crippen molar-refractivity contribution in [2.45, 2.75) is 20.8 Å². The molecule has 2 N–H and O–H groups in total. The summed E-state index contributed by atoms with van der Waals surface area (Å²) in [4.78, 5) is 17.1. The summed E-state index contributed by atoms with van der Waals surface area (Å²) in [7, 11) is 0. The van der Waals surface area contributed by atoms with Gasteiger partial charge in [0.1, 0.15) is 17.5 Å². The standard InChI is InChI=1S/C12H13N7/c1-6-4-10(16-7(2)15-6)19-12-9(5-14-19)11(13)17-8(3)18-12/h4-5H,1-3H3,(H2,13,17,18). The molecule has 0 spiro atoms. The number of fused-ring (bicyclic) bond motifs is 1.